The van der Waals surface area contributed by atoms with Crippen LogP contribution in [-0.4, -0.2) is 37.1 Å². The minimum atomic E-state index is 0.364. The molecule has 1 atom stereocenters. The van der Waals surface area contributed by atoms with E-state index in [9.17, 15) is 0 Å². The SMILES string of the molecule is C=CCCCC(NCCC)C1(N(C)C)CCC(C)CC1. The number of nitrogens with zero attached hydrogens (tertiary/aromatic N) is 1. The van der Waals surface area contributed by atoms with E-state index >= 15 is 0 Å². The number of rotatable bonds is 9. The first-order valence-electron chi connectivity index (χ1n) is 8.58. The molecular weight excluding hydrogens is 244 g/mol. The highest BCUT2D eigenvalue weighted by atomic mass is 15.2. The molecular formula is C18H36N2. The molecule has 118 valence electrons. The van der Waals surface area contributed by atoms with Gasteiger partial charge in [-0.05, 0) is 77.9 Å². The van der Waals surface area contributed by atoms with Gasteiger partial charge in [0.05, 0.1) is 0 Å². The van der Waals surface area contributed by atoms with Crippen molar-refractivity contribution < 1.29 is 0 Å². The number of allylic oxidation sites excluding steroid dienone is 1. The molecule has 1 aliphatic carbocycles. The van der Waals surface area contributed by atoms with Crippen molar-refractivity contribution in [3.8, 4) is 0 Å². The predicted octanol–water partition coefficient (Wildman–Crippen LogP) is 4.22. The van der Waals surface area contributed by atoms with Crippen molar-refractivity contribution >= 4 is 0 Å². The maximum atomic E-state index is 3.86. The summed E-state index contributed by atoms with van der Waals surface area (Å²) in [5.41, 5.74) is 0.364. The zero-order valence-electron chi connectivity index (χ0n) is 14.3. The first-order valence-corrected chi connectivity index (χ1v) is 8.58. The molecule has 0 spiro atoms. The molecule has 0 aromatic rings. The second kappa shape index (κ2) is 8.84. The summed E-state index contributed by atoms with van der Waals surface area (Å²) in [5, 5.41) is 3.86. The summed E-state index contributed by atoms with van der Waals surface area (Å²) in [5.74, 6) is 0.906. The second-order valence-corrected chi connectivity index (χ2v) is 6.91. The van der Waals surface area contributed by atoms with Crippen LogP contribution in [0.4, 0.5) is 0 Å². The summed E-state index contributed by atoms with van der Waals surface area (Å²) in [4.78, 5) is 2.51. The number of unbranched alkanes of at least 4 members (excludes halogenated alkanes) is 1. The van der Waals surface area contributed by atoms with Crippen LogP contribution in [0.5, 0.6) is 0 Å². The number of hydrogen-bond donors (Lipinski definition) is 1. The Morgan fingerprint density at radius 2 is 2.00 bits per heavy atom. The standard InChI is InChI=1S/C18H36N2/c1-6-8-9-10-17(19-15-7-2)18(20(4)5)13-11-16(3)12-14-18/h6,16-17,19H,1,7-15H2,2-5H3. The largest absolute Gasteiger partial charge is 0.312 e. The highest BCUT2D eigenvalue weighted by Gasteiger charge is 2.42. The van der Waals surface area contributed by atoms with Gasteiger partial charge in [0.1, 0.15) is 0 Å². The van der Waals surface area contributed by atoms with Crippen molar-refractivity contribution in [2.75, 3.05) is 20.6 Å². The Hall–Kier alpha value is -0.340. The van der Waals surface area contributed by atoms with Crippen LogP contribution < -0.4 is 5.32 Å². The predicted molar refractivity (Wildman–Crippen MR) is 90.2 cm³/mol. The van der Waals surface area contributed by atoms with Gasteiger partial charge in [-0.15, -0.1) is 6.58 Å². The van der Waals surface area contributed by atoms with E-state index in [1.807, 2.05) is 0 Å². The minimum Gasteiger partial charge on any atom is -0.312 e. The van der Waals surface area contributed by atoms with Crippen LogP contribution in [0.15, 0.2) is 12.7 Å². The third-order valence-electron chi connectivity index (χ3n) is 5.22. The van der Waals surface area contributed by atoms with Crippen LogP contribution in [0.2, 0.25) is 0 Å². The molecule has 0 amide bonds. The molecule has 1 N–H and O–H groups in total. The molecule has 0 radical (unpaired) electrons. The fourth-order valence-electron chi connectivity index (χ4n) is 3.71. The Kier molecular flexibility index (Phi) is 7.83. The normalized spacial score (nSPS) is 28.6. The number of likely N-dealkylation sites (N-methyl/N-ethyl adjacent to an activating group) is 1. The van der Waals surface area contributed by atoms with Gasteiger partial charge in [-0.1, -0.05) is 19.9 Å². The van der Waals surface area contributed by atoms with E-state index < -0.39 is 0 Å². The Bertz CT molecular complexity index is 265. The Morgan fingerprint density at radius 3 is 2.50 bits per heavy atom. The first-order chi connectivity index (χ1) is 9.56. The monoisotopic (exact) mass is 280 g/mol. The van der Waals surface area contributed by atoms with Gasteiger partial charge in [-0.25, -0.2) is 0 Å². The van der Waals surface area contributed by atoms with Crippen LogP contribution >= 0.6 is 0 Å². The maximum Gasteiger partial charge on any atom is 0.0356 e. The minimum absolute atomic E-state index is 0.364. The molecule has 1 aliphatic rings. The quantitative estimate of drug-likeness (QED) is 0.502. The summed E-state index contributed by atoms with van der Waals surface area (Å²) in [6, 6.07) is 0.630. The van der Waals surface area contributed by atoms with E-state index in [1.54, 1.807) is 0 Å². The van der Waals surface area contributed by atoms with Crippen molar-refractivity contribution in [2.24, 2.45) is 5.92 Å². The lowest BCUT2D eigenvalue weighted by atomic mass is 9.71. The molecule has 2 heteroatoms. The van der Waals surface area contributed by atoms with E-state index in [1.165, 1.54) is 44.9 Å². The van der Waals surface area contributed by atoms with Gasteiger partial charge in [0.25, 0.3) is 0 Å². The van der Waals surface area contributed by atoms with Gasteiger partial charge < -0.3 is 10.2 Å². The van der Waals surface area contributed by atoms with Gasteiger partial charge >= 0.3 is 0 Å². The van der Waals surface area contributed by atoms with E-state index in [2.05, 4.69) is 50.8 Å². The maximum absolute atomic E-state index is 3.86. The molecule has 2 nitrogen and oxygen atoms in total. The molecule has 0 aromatic carbocycles. The summed E-state index contributed by atoms with van der Waals surface area (Å²) >= 11 is 0. The second-order valence-electron chi connectivity index (χ2n) is 6.91. The smallest absolute Gasteiger partial charge is 0.0356 e. The number of nitrogens with one attached hydrogen (secondary N) is 1. The lowest BCUT2D eigenvalue weighted by Gasteiger charge is -2.50. The lowest BCUT2D eigenvalue weighted by molar-refractivity contribution is 0.0398. The zero-order chi connectivity index (χ0) is 15.0. The number of hydrogen-bond acceptors (Lipinski definition) is 2. The van der Waals surface area contributed by atoms with Crippen LogP contribution in [0.25, 0.3) is 0 Å². The molecule has 1 rings (SSSR count). The van der Waals surface area contributed by atoms with Gasteiger partial charge in [0.15, 0.2) is 0 Å². The van der Waals surface area contributed by atoms with Crippen molar-refractivity contribution in [3.63, 3.8) is 0 Å². The van der Waals surface area contributed by atoms with E-state index in [-0.39, 0.29) is 0 Å². The van der Waals surface area contributed by atoms with Crippen LogP contribution in [0.3, 0.4) is 0 Å². The molecule has 0 saturated heterocycles. The fourth-order valence-corrected chi connectivity index (χ4v) is 3.71. The van der Waals surface area contributed by atoms with Crippen molar-refractivity contribution in [2.45, 2.75) is 76.8 Å². The molecule has 1 fully saturated rings. The molecule has 20 heavy (non-hydrogen) atoms. The summed E-state index contributed by atoms with van der Waals surface area (Å²) in [6.07, 6.45) is 12.4. The molecule has 0 aromatic heterocycles. The van der Waals surface area contributed by atoms with Gasteiger partial charge in [0.2, 0.25) is 0 Å². The third-order valence-corrected chi connectivity index (χ3v) is 5.22. The fraction of sp³-hybridized carbons (Fsp3) is 0.889. The summed E-state index contributed by atoms with van der Waals surface area (Å²) < 4.78 is 0. The highest BCUT2D eigenvalue weighted by Crippen LogP contribution is 2.39. The third kappa shape index (κ3) is 4.60. The Labute approximate surface area is 127 Å². The van der Waals surface area contributed by atoms with E-state index in [4.69, 9.17) is 0 Å². The van der Waals surface area contributed by atoms with E-state index in [0.717, 1.165) is 18.9 Å². The summed E-state index contributed by atoms with van der Waals surface area (Å²) in [6.45, 7) is 9.68. The van der Waals surface area contributed by atoms with Crippen LogP contribution in [0, 0.1) is 5.92 Å². The average molecular weight is 281 g/mol. The first kappa shape index (κ1) is 17.7. The highest BCUT2D eigenvalue weighted by molar-refractivity contribution is 5.01. The van der Waals surface area contributed by atoms with Gasteiger partial charge in [-0.2, -0.15) is 0 Å². The molecule has 1 saturated carbocycles. The van der Waals surface area contributed by atoms with Crippen LogP contribution in [0.1, 0.15) is 65.2 Å². The Balaban J connectivity index is 2.77. The van der Waals surface area contributed by atoms with Gasteiger partial charge in [-0.3, -0.25) is 0 Å². The Morgan fingerprint density at radius 1 is 1.35 bits per heavy atom. The molecule has 0 aliphatic heterocycles. The van der Waals surface area contributed by atoms with Crippen molar-refractivity contribution in [3.05, 3.63) is 12.7 Å². The zero-order valence-corrected chi connectivity index (χ0v) is 14.3. The molecule has 0 heterocycles. The molecule has 1 unspecified atom stereocenters. The average Bonchev–Trinajstić information content (AvgIpc) is 2.44. The van der Waals surface area contributed by atoms with Crippen molar-refractivity contribution in [1.29, 1.82) is 0 Å². The van der Waals surface area contributed by atoms with Crippen LogP contribution in [-0.2, 0) is 0 Å². The molecule has 0 bridgehead atoms. The lowest BCUT2D eigenvalue weighted by Crippen LogP contribution is -2.60. The summed E-state index contributed by atoms with van der Waals surface area (Å²) in [7, 11) is 4.56. The topological polar surface area (TPSA) is 15.3 Å². The van der Waals surface area contributed by atoms with E-state index in [0.29, 0.717) is 11.6 Å². The van der Waals surface area contributed by atoms with Crippen molar-refractivity contribution in [1.82, 2.24) is 10.2 Å². The van der Waals surface area contributed by atoms with Gasteiger partial charge in [0, 0.05) is 11.6 Å².